The van der Waals surface area contributed by atoms with E-state index in [9.17, 15) is 9.18 Å². The van der Waals surface area contributed by atoms with Gasteiger partial charge in [-0.15, -0.1) is 0 Å². The van der Waals surface area contributed by atoms with Crippen LogP contribution in [0.2, 0.25) is 0 Å². The normalized spacial score (nSPS) is 11.0. The Labute approximate surface area is 133 Å². The summed E-state index contributed by atoms with van der Waals surface area (Å²) in [6.45, 7) is 0. The molecule has 0 atom stereocenters. The predicted octanol–water partition coefficient (Wildman–Crippen LogP) is 4.23. The van der Waals surface area contributed by atoms with E-state index in [1.54, 1.807) is 18.3 Å². The molecule has 0 aliphatic rings. The minimum Gasteiger partial charge on any atom is -0.466 e. The Kier molecular flexibility index (Phi) is 4.15. The predicted molar refractivity (Wildman–Crippen MR) is 88.2 cm³/mol. The number of methoxy groups -OCH3 is 1. The van der Waals surface area contributed by atoms with Crippen molar-refractivity contribution in [2.24, 2.45) is 0 Å². The molecule has 0 aliphatic heterocycles. The van der Waals surface area contributed by atoms with E-state index < -0.39 is 5.97 Å². The van der Waals surface area contributed by atoms with Gasteiger partial charge in [-0.2, -0.15) is 0 Å². The third-order valence-electron chi connectivity index (χ3n) is 3.48. The molecule has 0 unspecified atom stereocenters. The number of hydrogen-bond acceptors (Lipinski definition) is 3. The molecule has 0 spiro atoms. The number of benzene rings is 2. The maximum absolute atomic E-state index is 13.4. The van der Waals surface area contributed by atoms with Crippen molar-refractivity contribution in [3.05, 3.63) is 72.2 Å². The van der Waals surface area contributed by atoms with Crippen molar-refractivity contribution in [2.75, 3.05) is 7.11 Å². The summed E-state index contributed by atoms with van der Waals surface area (Å²) >= 11 is 0. The number of hydrogen-bond donors (Lipinski definition) is 0. The molecule has 0 fully saturated rings. The molecule has 0 saturated heterocycles. The van der Waals surface area contributed by atoms with E-state index in [2.05, 4.69) is 9.72 Å². The summed E-state index contributed by atoms with van der Waals surface area (Å²) in [6.07, 6.45) is 4.77. The second-order valence-electron chi connectivity index (χ2n) is 5.04. The van der Waals surface area contributed by atoms with Gasteiger partial charge in [0.05, 0.1) is 12.6 Å². The van der Waals surface area contributed by atoms with E-state index in [1.165, 1.54) is 25.3 Å². The summed E-state index contributed by atoms with van der Waals surface area (Å²) in [4.78, 5) is 15.6. The highest BCUT2D eigenvalue weighted by molar-refractivity contribution is 5.89. The Balaban J connectivity index is 2.01. The van der Waals surface area contributed by atoms with Crippen molar-refractivity contribution in [2.45, 2.75) is 0 Å². The molecule has 0 saturated carbocycles. The van der Waals surface area contributed by atoms with Crippen LogP contribution in [-0.4, -0.2) is 18.1 Å². The van der Waals surface area contributed by atoms with Crippen LogP contribution >= 0.6 is 0 Å². The Hall–Kier alpha value is -3.01. The van der Waals surface area contributed by atoms with Crippen molar-refractivity contribution in [3.63, 3.8) is 0 Å². The molecule has 0 bridgehead atoms. The molecule has 23 heavy (non-hydrogen) atoms. The van der Waals surface area contributed by atoms with Crippen LogP contribution in [0, 0.1) is 5.82 Å². The number of esters is 1. The fraction of sp³-hybridized carbons (Fsp3) is 0.0526. The molecular weight excluding hydrogens is 293 g/mol. The summed E-state index contributed by atoms with van der Waals surface area (Å²) in [6, 6.07) is 14.0. The second kappa shape index (κ2) is 6.40. The third-order valence-corrected chi connectivity index (χ3v) is 3.48. The van der Waals surface area contributed by atoms with Gasteiger partial charge in [0, 0.05) is 23.2 Å². The standard InChI is InChI=1S/C19H14FNO2/c1-23-19(22)8-6-13-5-7-18-15(9-13)10-16(12-21-18)14-3-2-4-17(20)11-14/h2-12H,1H3. The lowest BCUT2D eigenvalue weighted by molar-refractivity contribution is -0.134. The average Bonchev–Trinajstić information content (AvgIpc) is 2.59. The van der Waals surface area contributed by atoms with Gasteiger partial charge in [0.15, 0.2) is 0 Å². The van der Waals surface area contributed by atoms with Crippen molar-refractivity contribution in [1.29, 1.82) is 0 Å². The van der Waals surface area contributed by atoms with Gasteiger partial charge in [-0.25, -0.2) is 9.18 Å². The summed E-state index contributed by atoms with van der Waals surface area (Å²) in [5.74, 6) is -0.686. The van der Waals surface area contributed by atoms with Gasteiger partial charge in [0.25, 0.3) is 0 Å². The molecule has 2 aromatic carbocycles. The number of carbonyl (C=O) groups is 1. The molecule has 3 rings (SSSR count). The number of rotatable bonds is 3. The van der Waals surface area contributed by atoms with E-state index >= 15 is 0 Å². The molecule has 4 heteroatoms. The van der Waals surface area contributed by atoms with Crippen LogP contribution < -0.4 is 0 Å². The second-order valence-corrected chi connectivity index (χ2v) is 5.04. The number of halogens is 1. The molecule has 1 heterocycles. The van der Waals surface area contributed by atoms with Gasteiger partial charge >= 0.3 is 5.97 Å². The van der Waals surface area contributed by atoms with Gasteiger partial charge in [0.1, 0.15) is 5.82 Å². The smallest absolute Gasteiger partial charge is 0.330 e. The van der Waals surface area contributed by atoms with E-state index in [0.29, 0.717) is 0 Å². The van der Waals surface area contributed by atoms with E-state index in [-0.39, 0.29) is 5.82 Å². The summed E-state index contributed by atoms with van der Waals surface area (Å²) < 4.78 is 17.9. The monoisotopic (exact) mass is 307 g/mol. The number of ether oxygens (including phenoxy) is 1. The topological polar surface area (TPSA) is 39.2 Å². The molecule has 114 valence electrons. The zero-order chi connectivity index (χ0) is 16.2. The zero-order valence-electron chi connectivity index (χ0n) is 12.5. The van der Waals surface area contributed by atoms with Crippen molar-refractivity contribution >= 4 is 22.9 Å². The highest BCUT2D eigenvalue weighted by Gasteiger charge is 2.03. The highest BCUT2D eigenvalue weighted by Crippen LogP contribution is 2.24. The molecule has 3 nitrogen and oxygen atoms in total. The van der Waals surface area contributed by atoms with Gasteiger partial charge in [-0.1, -0.05) is 18.2 Å². The van der Waals surface area contributed by atoms with Gasteiger partial charge in [0.2, 0.25) is 0 Å². The van der Waals surface area contributed by atoms with Gasteiger partial charge in [-0.05, 0) is 47.5 Å². The van der Waals surface area contributed by atoms with Crippen LogP contribution in [0.3, 0.4) is 0 Å². The first-order valence-corrected chi connectivity index (χ1v) is 7.07. The molecule has 1 aromatic heterocycles. The molecule has 0 radical (unpaired) electrons. The lowest BCUT2D eigenvalue weighted by Crippen LogP contribution is -1.93. The minimum absolute atomic E-state index is 0.280. The molecular formula is C19H14FNO2. The molecule has 0 aliphatic carbocycles. The maximum Gasteiger partial charge on any atom is 0.330 e. The summed E-state index contributed by atoms with van der Waals surface area (Å²) in [5, 5.41) is 0.916. The van der Waals surface area contributed by atoms with E-state index in [4.69, 9.17) is 0 Å². The maximum atomic E-state index is 13.4. The lowest BCUT2D eigenvalue weighted by Gasteiger charge is -2.05. The third kappa shape index (κ3) is 3.43. The average molecular weight is 307 g/mol. The minimum atomic E-state index is -0.406. The number of aromatic nitrogens is 1. The SMILES string of the molecule is COC(=O)C=Cc1ccc2ncc(-c3cccc(F)c3)cc2c1. The van der Waals surface area contributed by atoms with Crippen molar-refractivity contribution < 1.29 is 13.9 Å². The number of fused-ring (bicyclic) bond motifs is 1. The van der Waals surface area contributed by atoms with Crippen LogP contribution in [0.5, 0.6) is 0 Å². The van der Waals surface area contributed by atoms with Crippen LogP contribution in [0.1, 0.15) is 5.56 Å². The molecule has 3 aromatic rings. The van der Waals surface area contributed by atoms with Gasteiger partial charge < -0.3 is 4.74 Å². The number of carbonyl (C=O) groups excluding carboxylic acids is 1. The first-order valence-electron chi connectivity index (χ1n) is 7.07. The Morgan fingerprint density at radius 2 is 2.00 bits per heavy atom. The van der Waals surface area contributed by atoms with E-state index in [1.807, 2.05) is 30.3 Å². The Morgan fingerprint density at radius 3 is 2.78 bits per heavy atom. The van der Waals surface area contributed by atoms with E-state index in [0.717, 1.165) is 27.6 Å². The fourth-order valence-electron chi connectivity index (χ4n) is 2.31. The first kappa shape index (κ1) is 14.9. The van der Waals surface area contributed by atoms with Crippen LogP contribution in [0.15, 0.2) is 60.8 Å². The summed E-state index contributed by atoms with van der Waals surface area (Å²) in [5.41, 5.74) is 3.31. The molecule has 0 amide bonds. The summed E-state index contributed by atoms with van der Waals surface area (Å²) in [7, 11) is 1.34. The largest absolute Gasteiger partial charge is 0.466 e. The van der Waals surface area contributed by atoms with Crippen LogP contribution in [-0.2, 0) is 9.53 Å². The Morgan fingerprint density at radius 1 is 1.13 bits per heavy atom. The lowest BCUT2D eigenvalue weighted by atomic mass is 10.0. The van der Waals surface area contributed by atoms with Crippen molar-refractivity contribution in [1.82, 2.24) is 4.98 Å². The Bertz CT molecular complexity index is 903. The van der Waals surface area contributed by atoms with Gasteiger partial charge in [-0.3, -0.25) is 4.98 Å². The van der Waals surface area contributed by atoms with Crippen LogP contribution in [0.4, 0.5) is 4.39 Å². The first-order chi connectivity index (χ1) is 11.2. The van der Waals surface area contributed by atoms with Crippen molar-refractivity contribution in [3.8, 4) is 11.1 Å². The van der Waals surface area contributed by atoms with Crippen LogP contribution in [0.25, 0.3) is 28.1 Å². The number of nitrogens with zero attached hydrogens (tertiary/aromatic N) is 1. The fourth-order valence-corrected chi connectivity index (χ4v) is 2.31. The quantitative estimate of drug-likeness (QED) is 0.537. The highest BCUT2D eigenvalue weighted by atomic mass is 19.1. The molecule has 0 N–H and O–H groups in total. The number of pyridine rings is 1. The zero-order valence-corrected chi connectivity index (χ0v) is 12.5.